The molecule has 0 aliphatic heterocycles. The van der Waals surface area contributed by atoms with E-state index in [-0.39, 0.29) is 11.0 Å². The van der Waals surface area contributed by atoms with E-state index < -0.39 is 5.91 Å². The van der Waals surface area contributed by atoms with Crippen LogP contribution in [0.25, 0.3) is 10.9 Å². The standard InChI is InChI=1S/C17H13BrN2O2/c1-20-10-14(16(21)13-7-2-3-8-15(13)20)17(22)19-12-6-4-5-11(18)9-12/h2-10H,1H3,(H,19,22). The van der Waals surface area contributed by atoms with Crippen LogP contribution in [0.3, 0.4) is 0 Å². The average Bonchev–Trinajstić information content (AvgIpc) is 2.51. The summed E-state index contributed by atoms with van der Waals surface area (Å²) < 4.78 is 2.64. The first-order valence-electron chi connectivity index (χ1n) is 6.71. The minimum Gasteiger partial charge on any atom is -0.350 e. The molecule has 0 radical (unpaired) electrons. The Kier molecular flexibility index (Phi) is 3.81. The van der Waals surface area contributed by atoms with Crippen LogP contribution in [0.1, 0.15) is 10.4 Å². The zero-order chi connectivity index (χ0) is 15.7. The van der Waals surface area contributed by atoms with E-state index in [0.29, 0.717) is 11.1 Å². The quantitative estimate of drug-likeness (QED) is 0.763. The molecule has 22 heavy (non-hydrogen) atoms. The zero-order valence-corrected chi connectivity index (χ0v) is 13.4. The highest BCUT2D eigenvalue weighted by Crippen LogP contribution is 2.17. The van der Waals surface area contributed by atoms with Gasteiger partial charge in [0.2, 0.25) is 5.43 Å². The van der Waals surface area contributed by atoms with Crippen molar-refractivity contribution in [3.05, 3.63) is 75.0 Å². The largest absolute Gasteiger partial charge is 0.350 e. The van der Waals surface area contributed by atoms with Gasteiger partial charge in [0, 0.05) is 28.8 Å². The van der Waals surface area contributed by atoms with E-state index in [2.05, 4.69) is 21.2 Å². The first kappa shape index (κ1) is 14.5. The molecule has 4 nitrogen and oxygen atoms in total. The number of amides is 1. The fourth-order valence-corrected chi connectivity index (χ4v) is 2.77. The van der Waals surface area contributed by atoms with Crippen LogP contribution in [-0.4, -0.2) is 10.5 Å². The summed E-state index contributed by atoms with van der Waals surface area (Å²) >= 11 is 3.35. The maximum absolute atomic E-state index is 12.5. The lowest BCUT2D eigenvalue weighted by Crippen LogP contribution is -2.23. The fourth-order valence-electron chi connectivity index (χ4n) is 2.37. The molecule has 1 heterocycles. The molecule has 3 aromatic rings. The molecule has 1 amide bonds. The third-order valence-corrected chi connectivity index (χ3v) is 3.92. The lowest BCUT2D eigenvalue weighted by atomic mass is 10.1. The number of rotatable bonds is 2. The number of halogens is 1. The van der Waals surface area contributed by atoms with Gasteiger partial charge < -0.3 is 9.88 Å². The Hall–Kier alpha value is -2.40. The number of aryl methyl sites for hydroxylation is 1. The van der Waals surface area contributed by atoms with Gasteiger partial charge in [-0.3, -0.25) is 9.59 Å². The van der Waals surface area contributed by atoms with E-state index in [1.807, 2.05) is 31.3 Å². The minimum atomic E-state index is -0.413. The van der Waals surface area contributed by atoms with E-state index in [9.17, 15) is 9.59 Å². The van der Waals surface area contributed by atoms with Crippen LogP contribution >= 0.6 is 15.9 Å². The third-order valence-electron chi connectivity index (χ3n) is 3.42. The number of hydrogen-bond donors (Lipinski definition) is 1. The molecular weight excluding hydrogens is 344 g/mol. The summed E-state index contributed by atoms with van der Waals surface area (Å²) in [5.41, 5.74) is 1.29. The number of benzene rings is 2. The van der Waals surface area contributed by atoms with Gasteiger partial charge in [-0.05, 0) is 30.3 Å². The van der Waals surface area contributed by atoms with Gasteiger partial charge in [0.15, 0.2) is 0 Å². The SMILES string of the molecule is Cn1cc(C(=O)Nc2cccc(Br)c2)c(=O)c2ccccc21. The van der Waals surface area contributed by atoms with Gasteiger partial charge in [-0.2, -0.15) is 0 Å². The van der Waals surface area contributed by atoms with Gasteiger partial charge in [0.1, 0.15) is 5.56 Å². The molecule has 0 atom stereocenters. The molecule has 5 heteroatoms. The summed E-state index contributed by atoms with van der Waals surface area (Å²) in [5, 5.41) is 3.28. The molecule has 110 valence electrons. The number of carbonyl (C=O) groups is 1. The van der Waals surface area contributed by atoms with E-state index in [1.54, 1.807) is 35.0 Å². The second-order valence-electron chi connectivity index (χ2n) is 4.96. The Labute approximate surface area is 135 Å². The van der Waals surface area contributed by atoms with Crippen molar-refractivity contribution in [2.45, 2.75) is 0 Å². The van der Waals surface area contributed by atoms with Crippen molar-refractivity contribution in [2.24, 2.45) is 7.05 Å². The van der Waals surface area contributed by atoms with Crippen LogP contribution in [0.2, 0.25) is 0 Å². The number of nitrogens with one attached hydrogen (secondary N) is 1. The van der Waals surface area contributed by atoms with Crippen LogP contribution in [0, 0.1) is 0 Å². The van der Waals surface area contributed by atoms with Crippen LogP contribution in [-0.2, 0) is 7.05 Å². The Morgan fingerprint density at radius 1 is 1.14 bits per heavy atom. The summed E-state index contributed by atoms with van der Waals surface area (Å²) in [5.74, 6) is -0.413. The fraction of sp³-hybridized carbons (Fsp3) is 0.0588. The highest BCUT2D eigenvalue weighted by atomic mass is 79.9. The number of nitrogens with zero attached hydrogens (tertiary/aromatic N) is 1. The molecule has 0 saturated carbocycles. The molecule has 0 saturated heterocycles. The number of para-hydroxylation sites is 1. The van der Waals surface area contributed by atoms with Crippen molar-refractivity contribution < 1.29 is 4.79 Å². The Balaban J connectivity index is 2.05. The van der Waals surface area contributed by atoms with Gasteiger partial charge in [-0.1, -0.05) is 34.1 Å². The van der Waals surface area contributed by atoms with E-state index in [1.165, 1.54) is 0 Å². The normalized spacial score (nSPS) is 10.6. The molecule has 1 N–H and O–H groups in total. The highest BCUT2D eigenvalue weighted by molar-refractivity contribution is 9.10. The molecular formula is C17H13BrN2O2. The molecule has 0 aliphatic rings. The summed E-state index contributed by atoms with van der Waals surface area (Å²) in [4.78, 5) is 24.9. The summed E-state index contributed by atoms with van der Waals surface area (Å²) in [6, 6.07) is 14.5. The summed E-state index contributed by atoms with van der Waals surface area (Å²) in [7, 11) is 1.82. The molecule has 1 aromatic heterocycles. The number of fused-ring (bicyclic) bond motifs is 1. The van der Waals surface area contributed by atoms with Crippen molar-refractivity contribution in [3.63, 3.8) is 0 Å². The predicted molar refractivity (Wildman–Crippen MR) is 91.3 cm³/mol. The smallest absolute Gasteiger partial charge is 0.261 e. The Morgan fingerprint density at radius 2 is 1.91 bits per heavy atom. The first-order valence-corrected chi connectivity index (χ1v) is 7.51. The van der Waals surface area contributed by atoms with Gasteiger partial charge in [0.05, 0.1) is 5.52 Å². The average molecular weight is 357 g/mol. The van der Waals surface area contributed by atoms with Gasteiger partial charge in [0.25, 0.3) is 5.91 Å². The predicted octanol–water partition coefficient (Wildman–Crippen LogP) is 3.55. The number of pyridine rings is 1. The lowest BCUT2D eigenvalue weighted by Gasteiger charge is -2.09. The van der Waals surface area contributed by atoms with Gasteiger partial charge >= 0.3 is 0 Å². The second kappa shape index (κ2) is 5.77. The molecule has 2 aromatic carbocycles. The maximum atomic E-state index is 12.5. The van der Waals surface area contributed by atoms with Crippen molar-refractivity contribution in [3.8, 4) is 0 Å². The monoisotopic (exact) mass is 356 g/mol. The molecule has 3 rings (SSSR count). The Morgan fingerprint density at radius 3 is 2.68 bits per heavy atom. The van der Waals surface area contributed by atoms with Crippen molar-refractivity contribution in [1.82, 2.24) is 4.57 Å². The maximum Gasteiger partial charge on any atom is 0.261 e. The summed E-state index contributed by atoms with van der Waals surface area (Å²) in [6.45, 7) is 0. The van der Waals surface area contributed by atoms with E-state index >= 15 is 0 Å². The number of anilines is 1. The van der Waals surface area contributed by atoms with Crippen LogP contribution in [0.15, 0.2) is 64.0 Å². The van der Waals surface area contributed by atoms with Crippen molar-refractivity contribution in [2.75, 3.05) is 5.32 Å². The third kappa shape index (κ3) is 2.67. The zero-order valence-electron chi connectivity index (χ0n) is 11.8. The lowest BCUT2D eigenvalue weighted by molar-refractivity contribution is 0.102. The minimum absolute atomic E-state index is 0.126. The molecule has 0 fully saturated rings. The van der Waals surface area contributed by atoms with E-state index in [0.717, 1.165) is 9.99 Å². The van der Waals surface area contributed by atoms with Gasteiger partial charge in [-0.25, -0.2) is 0 Å². The topological polar surface area (TPSA) is 51.1 Å². The molecule has 0 bridgehead atoms. The van der Waals surface area contributed by atoms with Gasteiger partial charge in [-0.15, -0.1) is 0 Å². The van der Waals surface area contributed by atoms with Crippen molar-refractivity contribution in [1.29, 1.82) is 0 Å². The van der Waals surface area contributed by atoms with Crippen LogP contribution in [0.4, 0.5) is 5.69 Å². The van der Waals surface area contributed by atoms with E-state index in [4.69, 9.17) is 0 Å². The number of aromatic nitrogens is 1. The number of carbonyl (C=O) groups excluding carboxylic acids is 1. The molecule has 0 unspecified atom stereocenters. The molecule has 0 aliphatic carbocycles. The van der Waals surface area contributed by atoms with Crippen LogP contribution < -0.4 is 10.7 Å². The Bertz CT molecular complexity index is 931. The second-order valence-corrected chi connectivity index (χ2v) is 5.88. The first-order chi connectivity index (χ1) is 10.6. The molecule has 0 spiro atoms. The number of hydrogen-bond acceptors (Lipinski definition) is 2. The van der Waals surface area contributed by atoms with Crippen LogP contribution in [0.5, 0.6) is 0 Å². The highest BCUT2D eigenvalue weighted by Gasteiger charge is 2.14. The van der Waals surface area contributed by atoms with Crippen molar-refractivity contribution >= 4 is 38.4 Å². The summed E-state index contributed by atoms with van der Waals surface area (Å²) in [6.07, 6.45) is 1.57.